The Hall–Kier alpha value is -1.12. The summed E-state index contributed by atoms with van der Waals surface area (Å²) in [4.78, 5) is 6.62. The summed E-state index contributed by atoms with van der Waals surface area (Å²) in [5.41, 5.74) is 0.389. The van der Waals surface area contributed by atoms with Gasteiger partial charge in [0.25, 0.3) is 0 Å². The number of aliphatic hydroxyl groups excluding tert-OH is 1. The van der Waals surface area contributed by atoms with Gasteiger partial charge in [0.05, 0.1) is 5.70 Å². The first-order valence-electron chi connectivity index (χ1n) is 3.05. The van der Waals surface area contributed by atoms with Crippen molar-refractivity contribution in [3.8, 4) is 0 Å². The Kier molecular flexibility index (Phi) is 9.18. The molecule has 0 atom stereocenters. The van der Waals surface area contributed by atoms with Gasteiger partial charge in [-0.1, -0.05) is 13.8 Å². The number of nitrogens with zero attached hydrogens (tertiary/aromatic N) is 2. The molecule has 0 aromatic carbocycles. The van der Waals surface area contributed by atoms with Gasteiger partial charge in [0.1, 0.15) is 0 Å². The molecule has 3 heteroatoms. The summed E-state index contributed by atoms with van der Waals surface area (Å²) in [6.07, 6.45) is 0. The second-order valence-electron chi connectivity index (χ2n) is 1.23. The van der Waals surface area contributed by atoms with Crippen LogP contribution in [-0.4, -0.2) is 18.5 Å². The summed E-state index contributed by atoms with van der Waals surface area (Å²) in [6.45, 7) is 11.9. The largest absolute Gasteiger partial charge is 0.492 e. The lowest BCUT2D eigenvalue weighted by molar-refractivity contribution is 0.400. The highest BCUT2D eigenvalue weighted by atomic mass is 16.3. The first kappa shape index (κ1) is 11.6. The molecule has 0 aromatic rings. The normalized spacial score (nSPS) is 10.3. The second kappa shape index (κ2) is 7.88. The SMILES string of the molecule is C=N/C(C)=C(/O)N=C.CC. The van der Waals surface area contributed by atoms with Crippen LogP contribution in [0.15, 0.2) is 21.6 Å². The molecule has 0 aliphatic rings. The van der Waals surface area contributed by atoms with Gasteiger partial charge < -0.3 is 5.11 Å². The summed E-state index contributed by atoms with van der Waals surface area (Å²) in [5, 5.41) is 8.64. The molecule has 1 N–H and O–H groups in total. The predicted molar refractivity (Wildman–Crippen MR) is 45.8 cm³/mol. The van der Waals surface area contributed by atoms with E-state index in [1.807, 2.05) is 13.8 Å². The minimum Gasteiger partial charge on any atom is -0.492 e. The van der Waals surface area contributed by atoms with Crippen molar-refractivity contribution in [2.45, 2.75) is 20.8 Å². The van der Waals surface area contributed by atoms with Crippen LogP contribution < -0.4 is 0 Å². The first-order chi connectivity index (χ1) is 4.72. The molecule has 0 bridgehead atoms. The fraction of sp³-hybridized carbons (Fsp3) is 0.429. The van der Waals surface area contributed by atoms with Crippen LogP contribution in [0.4, 0.5) is 0 Å². The molecule has 0 radical (unpaired) electrons. The van der Waals surface area contributed by atoms with E-state index < -0.39 is 0 Å². The Labute approximate surface area is 61.8 Å². The maximum absolute atomic E-state index is 8.64. The van der Waals surface area contributed by atoms with Crippen molar-refractivity contribution in [2.24, 2.45) is 9.98 Å². The van der Waals surface area contributed by atoms with E-state index in [9.17, 15) is 0 Å². The molecule has 0 spiro atoms. The van der Waals surface area contributed by atoms with E-state index >= 15 is 0 Å². The minimum absolute atomic E-state index is 0.167. The van der Waals surface area contributed by atoms with Crippen molar-refractivity contribution in [3.05, 3.63) is 11.6 Å². The molecule has 0 heterocycles. The molecule has 0 aliphatic heterocycles. The number of allylic oxidation sites excluding steroid dienone is 1. The third kappa shape index (κ3) is 5.03. The summed E-state index contributed by atoms with van der Waals surface area (Å²) in [5.74, 6) is -0.167. The summed E-state index contributed by atoms with van der Waals surface area (Å²) >= 11 is 0. The molecule has 0 aliphatic carbocycles. The van der Waals surface area contributed by atoms with Crippen LogP contribution in [0, 0.1) is 0 Å². The van der Waals surface area contributed by atoms with Gasteiger partial charge in [-0.25, -0.2) is 4.99 Å². The van der Waals surface area contributed by atoms with Gasteiger partial charge in [-0.3, -0.25) is 4.99 Å². The van der Waals surface area contributed by atoms with E-state index in [0.717, 1.165) is 0 Å². The van der Waals surface area contributed by atoms with Crippen molar-refractivity contribution in [1.29, 1.82) is 0 Å². The topological polar surface area (TPSA) is 45.0 Å². The van der Waals surface area contributed by atoms with Crippen LogP contribution in [0.3, 0.4) is 0 Å². The zero-order valence-corrected chi connectivity index (χ0v) is 6.76. The average Bonchev–Trinajstić information content (AvgIpc) is 2.05. The highest BCUT2D eigenvalue weighted by Crippen LogP contribution is 1.99. The van der Waals surface area contributed by atoms with Gasteiger partial charge in [0.15, 0.2) is 0 Å². The summed E-state index contributed by atoms with van der Waals surface area (Å²) < 4.78 is 0. The lowest BCUT2D eigenvalue weighted by atomic mass is 10.5. The standard InChI is InChI=1S/C5H8N2O.C2H6/c1-4(6-2)5(8)7-3;1-2/h8H,2-3H2,1H3;1-2H3/b5-4+;. The van der Waals surface area contributed by atoms with Crippen LogP contribution in [0.1, 0.15) is 20.8 Å². The maximum Gasteiger partial charge on any atom is 0.232 e. The predicted octanol–water partition coefficient (Wildman–Crippen LogP) is 2.16. The molecule has 0 saturated heterocycles. The number of aliphatic hydroxyl groups is 1. The third-order valence-electron chi connectivity index (χ3n) is 0.711. The monoisotopic (exact) mass is 142 g/mol. The number of hydrogen-bond acceptors (Lipinski definition) is 3. The Morgan fingerprint density at radius 1 is 1.20 bits per heavy atom. The Bertz CT molecular complexity index is 123. The molecule has 0 amide bonds. The molecule has 3 nitrogen and oxygen atoms in total. The highest BCUT2D eigenvalue weighted by molar-refractivity contribution is 5.32. The molecule has 0 unspecified atom stereocenters. The third-order valence-corrected chi connectivity index (χ3v) is 0.711. The fourth-order valence-corrected chi connectivity index (χ4v) is 0.185. The van der Waals surface area contributed by atoms with E-state index in [-0.39, 0.29) is 5.88 Å². The molecule has 0 fully saturated rings. The van der Waals surface area contributed by atoms with E-state index in [1.54, 1.807) is 6.92 Å². The Balaban J connectivity index is 0. The van der Waals surface area contributed by atoms with E-state index in [0.29, 0.717) is 5.70 Å². The second-order valence-corrected chi connectivity index (χ2v) is 1.23. The van der Waals surface area contributed by atoms with Crippen LogP contribution >= 0.6 is 0 Å². The van der Waals surface area contributed by atoms with Crippen molar-refractivity contribution in [3.63, 3.8) is 0 Å². The fourth-order valence-electron chi connectivity index (χ4n) is 0.185. The first-order valence-corrected chi connectivity index (χ1v) is 3.05. The lowest BCUT2D eigenvalue weighted by Gasteiger charge is -1.89. The van der Waals surface area contributed by atoms with Gasteiger partial charge in [-0.2, -0.15) is 0 Å². The average molecular weight is 142 g/mol. The van der Waals surface area contributed by atoms with E-state index in [1.165, 1.54) is 0 Å². The van der Waals surface area contributed by atoms with Crippen molar-refractivity contribution < 1.29 is 5.11 Å². The van der Waals surface area contributed by atoms with Crippen LogP contribution in [0.2, 0.25) is 0 Å². The molecule has 58 valence electrons. The quantitative estimate of drug-likeness (QED) is 0.466. The maximum atomic E-state index is 8.64. The Morgan fingerprint density at radius 3 is 1.70 bits per heavy atom. The van der Waals surface area contributed by atoms with Crippen molar-refractivity contribution in [2.75, 3.05) is 0 Å². The lowest BCUT2D eigenvalue weighted by Crippen LogP contribution is -1.77. The Morgan fingerprint density at radius 2 is 1.60 bits per heavy atom. The van der Waals surface area contributed by atoms with Crippen LogP contribution in [0.5, 0.6) is 0 Å². The number of hydrogen-bond donors (Lipinski definition) is 1. The molecular formula is C7H14N2O. The van der Waals surface area contributed by atoms with Crippen LogP contribution in [0.25, 0.3) is 0 Å². The molecule has 10 heavy (non-hydrogen) atoms. The van der Waals surface area contributed by atoms with E-state index in [4.69, 9.17) is 5.11 Å². The number of rotatable bonds is 2. The van der Waals surface area contributed by atoms with Crippen molar-refractivity contribution in [1.82, 2.24) is 0 Å². The minimum atomic E-state index is -0.167. The summed E-state index contributed by atoms with van der Waals surface area (Å²) in [6, 6.07) is 0. The summed E-state index contributed by atoms with van der Waals surface area (Å²) in [7, 11) is 0. The van der Waals surface area contributed by atoms with Gasteiger partial charge >= 0.3 is 0 Å². The molecule has 0 saturated carbocycles. The van der Waals surface area contributed by atoms with Crippen LogP contribution in [-0.2, 0) is 0 Å². The van der Waals surface area contributed by atoms with Gasteiger partial charge in [0.2, 0.25) is 5.88 Å². The van der Waals surface area contributed by atoms with Crippen molar-refractivity contribution >= 4 is 13.4 Å². The van der Waals surface area contributed by atoms with E-state index in [2.05, 4.69) is 23.4 Å². The molecule has 0 aromatic heterocycles. The smallest absolute Gasteiger partial charge is 0.232 e. The van der Waals surface area contributed by atoms with Gasteiger partial charge in [-0.15, -0.1) is 0 Å². The molecule has 0 rings (SSSR count). The number of aliphatic imine (C=N–C) groups is 2. The zero-order chi connectivity index (χ0) is 8.57. The molecular weight excluding hydrogens is 128 g/mol. The highest BCUT2D eigenvalue weighted by Gasteiger charge is 1.89. The van der Waals surface area contributed by atoms with Gasteiger partial charge in [-0.05, 0) is 20.4 Å². The zero-order valence-electron chi connectivity index (χ0n) is 6.76. The van der Waals surface area contributed by atoms with Gasteiger partial charge in [0, 0.05) is 0 Å².